The highest BCUT2D eigenvalue weighted by Gasteiger charge is 2.09. The Morgan fingerprint density at radius 2 is 1.59 bits per heavy atom. The van der Waals surface area contributed by atoms with Crippen molar-refractivity contribution in [2.24, 2.45) is 0 Å². The van der Waals surface area contributed by atoms with Crippen molar-refractivity contribution >= 4 is 0 Å². The van der Waals surface area contributed by atoms with Gasteiger partial charge in [-0.25, -0.2) is 0 Å². The van der Waals surface area contributed by atoms with Crippen LogP contribution in [0.25, 0.3) is 0 Å². The summed E-state index contributed by atoms with van der Waals surface area (Å²) in [5, 5.41) is 19.4. The SMILES string of the molecule is Oc1ccccc1OC[C@@H](O)c1ccccc1. The Labute approximate surface area is 99.9 Å². The van der Waals surface area contributed by atoms with Crippen LogP contribution in [0.2, 0.25) is 0 Å². The van der Waals surface area contributed by atoms with Crippen molar-refractivity contribution in [1.82, 2.24) is 0 Å². The highest BCUT2D eigenvalue weighted by Crippen LogP contribution is 2.25. The number of aromatic hydroxyl groups is 1. The van der Waals surface area contributed by atoms with Crippen LogP contribution in [0.5, 0.6) is 11.5 Å². The summed E-state index contributed by atoms with van der Waals surface area (Å²) < 4.78 is 5.35. The molecule has 1 atom stereocenters. The van der Waals surface area contributed by atoms with Gasteiger partial charge >= 0.3 is 0 Å². The number of para-hydroxylation sites is 2. The van der Waals surface area contributed by atoms with Crippen molar-refractivity contribution in [1.29, 1.82) is 0 Å². The van der Waals surface area contributed by atoms with Crippen molar-refractivity contribution in [3.8, 4) is 11.5 Å². The van der Waals surface area contributed by atoms with Gasteiger partial charge in [0.05, 0.1) is 0 Å². The van der Waals surface area contributed by atoms with Crippen molar-refractivity contribution in [2.45, 2.75) is 6.10 Å². The minimum absolute atomic E-state index is 0.0766. The molecule has 0 radical (unpaired) electrons. The number of hydrogen-bond donors (Lipinski definition) is 2. The fraction of sp³-hybridized carbons (Fsp3) is 0.143. The lowest BCUT2D eigenvalue weighted by Gasteiger charge is -2.13. The van der Waals surface area contributed by atoms with Gasteiger partial charge in [-0.15, -0.1) is 0 Å². The van der Waals surface area contributed by atoms with E-state index in [1.165, 1.54) is 0 Å². The number of aliphatic hydroxyl groups is 1. The van der Waals surface area contributed by atoms with Gasteiger partial charge in [0.1, 0.15) is 12.7 Å². The fourth-order valence-corrected chi connectivity index (χ4v) is 1.52. The minimum Gasteiger partial charge on any atom is -0.504 e. The van der Waals surface area contributed by atoms with Gasteiger partial charge in [-0.3, -0.25) is 0 Å². The molecular weight excluding hydrogens is 216 g/mol. The molecule has 3 heteroatoms. The maximum Gasteiger partial charge on any atom is 0.161 e. The van der Waals surface area contributed by atoms with E-state index in [9.17, 15) is 10.2 Å². The van der Waals surface area contributed by atoms with Gasteiger partial charge in [-0.1, -0.05) is 42.5 Å². The predicted octanol–water partition coefficient (Wildman–Crippen LogP) is 2.50. The highest BCUT2D eigenvalue weighted by molar-refractivity contribution is 5.38. The maximum absolute atomic E-state index is 9.87. The molecule has 0 spiro atoms. The lowest BCUT2D eigenvalue weighted by atomic mass is 10.1. The van der Waals surface area contributed by atoms with E-state index in [4.69, 9.17) is 4.74 Å². The molecule has 0 amide bonds. The molecule has 0 unspecified atom stereocenters. The molecule has 0 aliphatic rings. The molecule has 0 fully saturated rings. The van der Waals surface area contributed by atoms with E-state index >= 15 is 0 Å². The Morgan fingerprint density at radius 1 is 0.941 bits per heavy atom. The van der Waals surface area contributed by atoms with Gasteiger partial charge in [0.25, 0.3) is 0 Å². The molecule has 2 aromatic carbocycles. The number of phenols is 1. The standard InChI is InChI=1S/C14H14O3/c15-12-8-4-5-9-14(12)17-10-13(16)11-6-2-1-3-7-11/h1-9,13,15-16H,10H2/t13-/m1/s1. The first kappa shape index (κ1) is 11.5. The largest absolute Gasteiger partial charge is 0.504 e. The predicted molar refractivity (Wildman–Crippen MR) is 65.0 cm³/mol. The molecule has 0 bridgehead atoms. The van der Waals surface area contributed by atoms with Crippen LogP contribution < -0.4 is 4.74 Å². The second-order valence-electron chi connectivity index (χ2n) is 3.71. The van der Waals surface area contributed by atoms with Crippen LogP contribution in [0.4, 0.5) is 0 Å². The topological polar surface area (TPSA) is 49.7 Å². The van der Waals surface area contributed by atoms with Crippen LogP contribution in [-0.2, 0) is 0 Å². The molecule has 2 N–H and O–H groups in total. The number of rotatable bonds is 4. The number of hydrogen-bond acceptors (Lipinski definition) is 3. The van der Waals surface area contributed by atoms with Crippen LogP contribution in [0.15, 0.2) is 54.6 Å². The quantitative estimate of drug-likeness (QED) is 0.848. The van der Waals surface area contributed by atoms with E-state index < -0.39 is 6.10 Å². The molecule has 2 aromatic rings. The van der Waals surface area contributed by atoms with E-state index in [-0.39, 0.29) is 12.4 Å². The first-order valence-electron chi connectivity index (χ1n) is 5.41. The van der Waals surface area contributed by atoms with Crippen LogP contribution in [0.3, 0.4) is 0 Å². The van der Waals surface area contributed by atoms with E-state index in [2.05, 4.69) is 0 Å². The van der Waals surface area contributed by atoms with Gasteiger partial charge in [0.2, 0.25) is 0 Å². The number of phenolic OH excluding ortho intramolecular Hbond substituents is 1. The molecule has 0 saturated carbocycles. The molecular formula is C14H14O3. The molecule has 0 heterocycles. The average Bonchev–Trinajstić information content (AvgIpc) is 2.38. The summed E-state index contributed by atoms with van der Waals surface area (Å²) in [5.41, 5.74) is 0.794. The van der Waals surface area contributed by atoms with E-state index in [1.807, 2.05) is 30.3 Å². The summed E-state index contributed by atoms with van der Waals surface area (Å²) in [5.74, 6) is 0.454. The molecule has 88 valence electrons. The first-order chi connectivity index (χ1) is 8.27. The summed E-state index contributed by atoms with van der Waals surface area (Å²) in [6, 6.07) is 16.0. The number of benzene rings is 2. The van der Waals surface area contributed by atoms with Crippen LogP contribution in [0.1, 0.15) is 11.7 Å². The fourth-order valence-electron chi connectivity index (χ4n) is 1.52. The lowest BCUT2D eigenvalue weighted by molar-refractivity contribution is 0.106. The van der Waals surface area contributed by atoms with Crippen molar-refractivity contribution in [3.05, 3.63) is 60.2 Å². The third-order valence-electron chi connectivity index (χ3n) is 2.45. The third kappa shape index (κ3) is 2.98. The van der Waals surface area contributed by atoms with E-state index in [0.29, 0.717) is 5.75 Å². The number of ether oxygens (including phenoxy) is 1. The molecule has 0 aliphatic carbocycles. The Kier molecular flexibility index (Phi) is 3.62. The Morgan fingerprint density at radius 3 is 2.29 bits per heavy atom. The van der Waals surface area contributed by atoms with E-state index in [1.54, 1.807) is 24.3 Å². The van der Waals surface area contributed by atoms with Crippen LogP contribution in [0, 0.1) is 0 Å². The third-order valence-corrected chi connectivity index (χ3v) is 2.45. The monoisotopic (exact) mass is 230 g/mol. The molecule has 3 nitrogen and oxygen atoms in total. The average molecular weight is 230 g/mol. The maximum atomic E-state index is 9.87. The summed E-state index contributed by atoms with van der Waals surface area (Å²) in [6.45, 7) is 0.113. The molecule has 17 heavy (non-hydrogen) atoms. The van der Waals surface area contributed by atoms with Gasteiger partial charge < -0.3 is 14.9 Å². The smallest absolute Gasteiger partial charge is 0.161 e. The summed E-state index contributed by atoms with van der Waals surface area (Å²) >= 11 is 0. The van der Waals surface area contributed by atoms with Crippen molar-refractivity contribution in [2.75, 3.05) is 6.61 Å². The van der Waals surface area contributed by atoms with Gasteiger partial charge in [0, 0.05) is 0 Å². The second-order valence-corrected chi connectivity index (χ2v) is 3.71. The summed E-state index contributed by atoms with van der Waals surface area (Å²) in [4.78, 5) is 0. The van der Waals surface area contributed by atoms with E-state index in [0.717, 1.165) is 5.56 Å². The van der Waals surface area contributed by atoms with Crippen molar-refractivity contribution < 1.29 is 14.9 Å². The van der Waals surface area contributed by atoms with Gasteiger partial charge in [-0.05, 0) is 17.7 Å². The highest BCUT2D eigenvalue weighted by atomic mass is 16.5. The Hall–Kier alpha value is -2.00. The number of aliphatic hydroxyl groups excluding tert-OH is 1. The summed E-state index contributed by atoms with van der Waals surface area (Å²) in [6.07, 6.45) is -0.698. The zero-order valence-electron chi connectivity index (χ0n) is 9.28. The Bertz CT molecular complexity index is 468. The molecule has 0 aromatic heterocycles. The first-order valence-corrected chi connectivity index (χ1v) is 5.41. The molecule has 2 rings (SSSR count). The molecule has 0 saturated heterocycles. The zero-order valence-corrected chi connectivity index (χ0v) is 9.28. The van der Waals surface area contributed by atoms with Gasteiger partial charge in [-0.2, -0.15) is 0 Å². The van der Waals surface area contributed by atoms with Gasteiger partial charge in [0.15, 0.2) is 11.5 Å². The minimum atomic E-state index is -0.698. The second kappa shape index (κ2) is 5.37. The summed E-state index contributed by atoms with van der Waals surface area (Å²) in [7, 11) is 0. The lowest BCUT2D eigenvalue weighted by Crippen LogP contribution is -2.09. The van der Waals surface area contributed by atoms with Crippen LogP contribution in [-0.4, -0.2) is 16.8 Å². The zero-order chi connectivity index (χ0) is 12.1. The Balaban J connectivity index is 1.97. The van der Waals surface area contributed by atoms with Crippen LogP contribution >= 0.6 is 0 Å². The normalized spacial score (nSPS) is 12.1. The van der Waals surface area contributed by atoms with Crippen molar-refractivity contribution in [3.63, 3.8) is 0 Å². The molecule has 0 aliphatic heterocycles.